The van der Waals surface area contributed by atoms with E-state index in [4.69, 9.17) is 4.74 Å². The van der Waals surface area contributed by atoms with Gasteiger partial charge >= 0.3 is 0 Å². The van der Waals surface area contributed by atoms with E-state index in [9.17, 15) is 0 Å². The largest absolute Gasteiger partial charge is 0.377 e. The van der Waals surface area contributed by atoms with Gasteiger partial charge in [-0.25, -0.2) is 0 Å². The molecule has 0 bridgehead atoms. The zero-order chi connectivity index (χ0) is 7.28. The van der Waals surface area contributed by atoms with Gasteiger partial charge in [0, 0.05) is 6.54 Å². The van der Waals surface area contributed by atoms with Gasteiger partial charge in [0.05, 0.1) is 12.7 Å². The van der Waals surface area contributed by atoms with E-state index in [1.54, 1.807) is 0 Å². The lowest BCUT2D eigenvalue weighted by Crippen LogP contribution is -2.19. The van der Waals surface area contributed by atoms with Gasteiger partial charge in [-0.15, -0.1) is 0 Å². The summed E-state index contributed by atoms with van der Waals surface area (Å²) < 4.78 is 5.20. The van der Waals surface area contributed by atoms with Crippen LogP contribution in [-0.2, 0) is 4.74 Å². The number of hydrogen-bond donors (Lipinski definition) is 0. The van der Waals surface area contributed by atoms with Crippen molar-refractivity contribution in [3.8, 4) is 0 Å². The van der Waals surface area contributed by atoms with Crippen molar-refractivity contribution in [2.75, 3.05) is 27.2 Å². The number of ether oxygens (including phenoxy) is 1. The van der Waals surface area contributed by atoms with Crippen LogP contribution in [0.1, 0.15) is 6.92 Å². The predicted octanol–water partition coefficient (Wildman–Crippen LogP) is 0.787. The maximum absolute atomic E-state index is 5.20. The lowest BCUT2D eigenvalue weighted by atomic mass is 10.5. The molecule has 0 heterocycles. The van der Waals surface area contributed by atoms with Crippen LogP contribution in [0.25, 0.3) is 0 Å². The maximum atomic E-state index is 5.20. The first-order valence-corrected chi connectivity index (χ1v) is 3.22. The second-order valence-corrected chi connectivity index (χ2v) is 2.48. The van der Waals surface area contributed by atoms with Crippen molar-refractivity contribution in [1.29, 1.82) is 0 Å². The van der Waals surface area contributed by atoms with Crippen LogP contribution in [0.5, 0.6) is 0 Å². The van der Waals surface area contributed by atoms with Gasteiger partial charge in [0.25, 0.3) is 0 Å². The van der Waals surface area contributed by atoms with Gasteiger partial charge in [-0.2, -0.15) is 0 Å². The van der Waals surface area contributed by atoms with Gasteiger partial charge in [-0.1, -0.05) is 0 Å². The molecular weight excluding hydrogens is 114 g/mol. The lowest BCUT2D eigenvalue weighted by molar-refractivity contribution is 0.0830. The molecule has 0 fully saturated rings. The fraction of sp³-hybridized carbons (Fsp3) is 0.857. The molecule has 0 aromatic heterocycles. The molecule has 1 unspecified atom stereocenters. The summed E-state index contributed by atoms with van der Waals surface area (Å²) in [6, 6.07) is 0. The van der Waals surface area contributed by atoms with Crippen molar-refractivity contribution >= 4 is 0 Å². The smallest absolute Gasteiger partial charge is 0.0596 e. The molecule has 0 N–H and O–H groups in total. The third-order valence-corrected chi connectivity index (χ3v) is 0.941. The van der Waals surface area contributed by atoms with Crippen molar-refractivity contribution in [2.45, 2.75) is 13.0 Å². The Morgan fingerprint density at radius 3 is 2.44 bits per heavy atom. The summed E-state index contributed by atoms with van der Waals surface area (Å²) in [5.74, 6) is 0. The van der Waals surface area contributed by atoms with Crippen LogP contribution < -0.4 is 0 Å². The summed E-state index contributed by atoms with van der Waals surface area (Å²) in [6.07, 6.45) is 0.116. The summed E-state index contributed by atoms with van der Waals surface area (Å²) in [5.41, 5.74) is 0. The Labute approximate surface area is 57.8 Å². The Morgan fingerprint density at radius 1 is 1.56 bits per heavy atom. The number of nitrogens with zero attached hydrogens (tertiary/aromatic N) is 1. The lowest BCUT2D eigenvalue weighted by Gasteiger charge is -2.11. The molecule has 1 radical (unpaired) electrons. The van der Waals surface area contributed by atoms with Crippen LogP contribution in [0.2, 0.25) is 0 Å². The van der Waals surface area contributed by atoms with E-state index in [0.29, 0.717) is 0 Å². The van der Waals surface area contributed by atoms with E-state index in [2.05, 4.69) is 11.8 Å². The first-order valence-electron chi connectivity index (χ1n) is 3.22. The van der Waals surface area contributed by atoms with Gasteiger partial charge in [-0.3, -0.25) is 0 Å². The molecule has 9 heavy (non-hydrogen) atoms. The van der Waals surface area contributed by atoms with Crippen LogP contribution in [0.4, 0.5) is 0 Å². The molecule has 1 atom stereocenters. The Morgan fingerprint density at radius 2 is 2.11 bits per heavy atom. The molecule has 55 valence electrons. The SMILES string of the molecule is [CH2]C(C)OCCN(C)C. The van der Waals surface area contributed by atoms with Crippen molar-refractivity contribution in [1.82, 2.24) is 4.90 Å². The quantitative estimate of drug-likeness (QED) is 0.558. The van der Waals surface area contributed by atoms with E-state index < -0.39 is 0 Å². The number of hydrogen-bond acceptors (Lipinski definition) is 2. The fourth-order valence-electron chi connectivity index (χ4n) is 0.436. The number of likely N-dealkylation sites (N-methyl/N-ethyl adjacent to an activating group) is 1. The highest BCUT2D eigenvalue weighted by Crippen LogP contribution is 1.85. The Hall–Kier alpha value is -0.0800. The van der Waals surface area contributed by atoms with Crippen molar-refractivity contribution in [3.05, 3.63) is 6.92 Å². The van der Waals surface area contributed by atoms with Gasteiger partial charge in [0.15, 0.2) is 0 Å². The Balaban J connectivity index is 2.91. The molecule has 0 spiro atoms. The topological polar surface area (TPSA) is 12.5 Å². The van der Waals surface area contributed by atoms with Crippen LogP contribution >= 0.6 is 0 Å². The highest BCUT2D eigenvalue weighted by atomic mass is 16.5. The van der Waals surface area contributed by atoms with Crippen LogP contribution in [-0.4, -0.2) is 38.3 Å². The highest BCUT2D eigenvalue weighted by Gasteiger charge is 1.92. The molecule has 0 rings (SSSR count). The zero-order valence-electron chi connectivity index (χ0n) is 6.55. The zero-order valence-corrected chi connectivity index (χ0v) is 6.55. The van der Waals surface area contributed by atoms with Gasteiger partial charge in [0.2, 0.25) is 0 Å². The molecule has 0 saturated heterocycles. The average Bonchev–Trinajstić information content (AvgIpc) is 1.63. The van der Waals surface area contributed by atoms with Gasteiger partial charge in [-0.05, 0) is 27.9 Å². The van der Waals surface area contributed by atoms with E-state index >= 15 is 0 Å². The van der Waals surface area contributed by atoms with Crippen molar-refractivity contribution in [3.63, 3.8) is 0 Å². The second kappa shape index (κ2) is 4.77. The minimum Gasteiger partial charge on any atom is -0.377 e. The Kier molecular flexibility index (Phi) is 4.72. The molecule has 2 nitrogen and oxygen atoms in total. The molecule has 0 saturated carbocycles. The molecular formula is C7H16NO. The molecule has 0 aliphatic carbocycles. The maximum Gasteiger partial charge on any atom is 0.0596 e. The summed E-state index contributed by atoms with van der Waals surface area (Å²) in [6.45, 7) is 7.38. The third kappa shape index (κ3) is 7.92. The molecule has 2 heteroatoms. The van der Waals surface area contributed by atoms with Crippen molar-refractivity contribution in [2.24, 2.45) is 0 Å². The fourth-order valence-corrected chi connectivity index (χ4v) is 0.436. The highest BCUT2D eigenvalue weighted by molar-refractivity contribution is 4.50. The van der Waals surface area contributed by atoms with E-state index in [-0.39, 0.29) is 6.10 Å². The van der Waals surface area contributed by atoms with Crippen LogP contribution in [0.3, 0.4) is 0 Å². The first kappa shape index (κ1) is 8.92. The molecule has 0 aliphatic heterocycles. The summed E-state index contributed by atoms with van der Waals surface area (Å²) >= 11 is 0. The number of rotatable bonds is 4. The Bertz CT molecular complexity index is 53.9. The third-order valence-electron chi connectivity index (χ3n) is 0.941. The molecule has 0 aromatic carbocycles. The van der Waals surface area contributed by atoms with Crippen LogP contribution in [0.15, 0.2) is 0 Å². The average molecular weight is 130 g/mol. The standard InChI is InChI=1S/C7H16NO/c1-7(2)9-6-5-8(3)4/h7H,1,5-6H2,2-4H3. The molecule has 0 aliphatic rings. The summed E-state index contributed by atoms with van der Waals surface area (Å²) in [7, 11) is 4.05. The van der Waals surface area contributed by atoms with Crippen LogP contribution in [0, 0.1) is 6.92 Å². The minimum absolute atomic E-state index is 0.116. The first-order chi connectivity index (χ1) is 4.13. The van der Waals surface area contributed by atoms with Gasteiger partial charge in [0.1, 0.15) is 0 Å². The van der Waals surface area contributed by atoms with Crippen molar-refractivity contribution < 1.29 is 4.74 Å². The second-order valence-electron chi connectivity index (χ2n) is 2.48. The minimum atomic E-state index is 0.116. The van der Waals surface area contributed by atoms with Gasteiger partial charge < -0.3 is 9.64 Å². The van der Waals surface area contributed by atoms with E-state index in [1.165, 1.54) is 0 Å². The predicted molar refractivity (Wildman–Crippen MR) is 39.3 cm³/mol. The van der Waals surface area contributed by atoms with E-state index in [1.807, 2.05) is 21.0 Å². The monoisotopic (exact) mass is 130 g/mol. The summed E-state index contributed by atoms with van der Waals surface area (Å²) in [5, 5.41) is 0. The molecule has 0 aromatic rings. The molecule has 0 amide bonds. The van der Waals surface area contributed by atoms with E-state index in [0.717, 1.165) is 13.2 Å². The normalized spacial score (nSPS) is 11.3. The summed E-state index contributed by atoms with van der Waals surface area (Å²) in [4.78, 5) is 2.09.